The highest BCUT2D eigenvalue weighted by molar-refractivity contribution is 5.47. The van der Waals surface area contributed by atoms with E-state index in [0.29, 0.717) is 11.4 Å². The van der Waals surface area contributed by atoms with Crippen molar-refractivity contribution in [3.05, 3.63) is 23.8 Å². The predicted octanol–water partition coefficient (Wildman–Crippen LogP) is 1.93. The molecule has 0 heterocycles. The van der Waals surface area contributed by atoms with Gasteiger partial charge >= 0.3 is 0 Å². The van der Waals surface area contributed by atoms with Crippen LogP contribution >= 0.6 is 0 Å². The molecular weight excluding hydrogens is 157 g/mol. The predicted molar refractivity (Wildman–Crippen MR) is 47.1 cm³/mol. The number of anilines is 1. The molecule has 66 valence electrons. The molecule has 0 saturated heterocycles. The highest BCUT2D eigenvalue weighted by Gasteiger charge is 1.98. The molecule has 0 aliphatic rings. The summed E-state index contributed by atoms with van der Waals surface area (Å²) in [4.78, 5) is 0. The molecule has 0 aliphatic heterocycles. The van der Waals surface area contributed by atoms with Gasteiger partial charge in [0, 0.05) is 11.8 Å². The van der Waals surface area contributed by atoms with E-state index in [-0.39, 0.29) is 6.61 Å². The normalized spacial score (nSPS) is 9.83. The Morgan fingerprint density at radius 1 is 1.50 bits per heavy atom. The zero-order chi connectivity index (χ0) is 8.97. The Morgan fingerprint density at radius 3 is 2.92 bits per heavy atom. The summed E-state index contributed by atoms with van der Waals surface area (Å²) in [6, 6.07) is 5.34. The third-order valence-corrected chi connectivity index (χ3v) is 1.55. The summed E-state index contributed by atoms with van der Waals surface area (Å²) in [5, 5.41) is 0. The topological polar surface area (TPSA) is 35.2 Å². The van der Waals surface area contributed by atoms with Crippen LogP contribution in [0.3, 0.4) is 0 Å². The molecule has 12 heavy (non-hydrogen) atoms. The molecule has 0 aromatic heterocycles. The zero-order valence-electron chi connectivity index (χ0n) is 7.01. The van der Waals surface area contributed by atoms with Gasteiger partial charge in [0.05, 0.1) is 0 Å². The van der Waals surface area contributed by atoms with Gasteiger partial charge in [-0.05, 0) is 18.6 Å². The van der Waals surface area contributed by atoms with Crippen molar-refractivity contribution in [1.29, 1.82) is 0 Å². The van der Waals surface area contributed by atoms with E-state index in [1.165, 1.54) is 0 Å². The van der Waals surface area contributed by atoms with Crippen molar-refractivity contribution in [2.24, 2.45) is 0 Å². The van der Waals surface area contributed by atoms with E-state index >= 15 is 0 Å². The quantitative estimate of drug-likeness (QED) is 0.701. The van der Waals surface area contributed by atoms with E-state index in [4.69, 9.17) is 10.5 Å². The van der Waals surface area contributed by atoms with Crippen LogP contribution in [0.4, 0.5) is 10.1 Å². The minimum atomic E-state index is -0.478. The number of nitrogens with two attached hydrogens (primary N) is 1. The molecule has 1 aromatic carbocycles. The Hall–Kier alpha value is -1.25. The van der Waals surface area contributed by atoms with E-state index in [9.17, 15) is 4.39 Å². The standard InChI is InChI=1S/C9H12FNO/c1-7-2-3-8(11)6-9(7)12-5-4-10/h2-3,6H,4-5,11H2,1H3. The number of nitrogen functional groups attached to an aromatic ring is 1. The number of alkyl halides is 1. The van der Waals surface area contributed by atoms with Gasteiger partial charge < -0.3 is 10.5 Å². The van der Waals surface area contributed by atoms with Gasteiger partial charge in [-0.3, -0.25) is 0 Å². The van der Waals surface area contributed by atoms with E-state index in [0.717, 1.165) is 5.56 Å². The fraction of sp³-hybridized carbons (Fsp3) is 0.333. The van der Waals surface area contributed by atoms with Crippen LogP contribution in [0, 0.1) is 6.92 Å². The van der Waals surface area contributed by atoms with Gasteiger partial charge in [-0.25, -0.2) is 4.39 Å². The second-order valence-corrected chi connectivity index (χ2v) is 2.56. The van der Waals surface area contributed by atoms with Crippen molar-refractivity contribution in [3.63, 3.8) is 0 Å². The number of rotatable bonds is 3. The molecule has 0 saturated carbocycles. The molecular formula is C9H12FNO. The van der Waals surface area contributed by atoms with E-state index in [1.54, 1.807) is 12.1 Å². The minimum Gasteiger partial charge on any atom is -0.491 e. The number of hydrogen-bond donors (Lipinski definition) is 1. The summed E-state index contributed by atoms with van der Waals surface area (Å²) in [6.45, 7) is 1.51. The summed E-state index contributed by atoms with van der Waals surface area (Å²) in [6.07, 6.45) is 0. The Balaban J connectivity index is 2.75. The summed E-state index contributed by atoms with van der Waals surface area (Å²) in [5.41, 5.74) is 7.13. The van der Waals surface area contributed by atoms with Crippen LogP contribution in [0.15, 0.2) is 18.2 Å². The van der Waals surface area contributed by atoms with Gasteiger partial charge in [0.25, 0.3) is 0 Å². The molecule has 1 aromatic rings. The first-order valence-electron chi connectivity index (χ1n) is 3.79. The molecule has 2 N–H and O–H groups in total. The number of aryl methyl sites for hydroxylation is 1. The largest absolute Gasteiger partial charge is 0.491 e. The zero-order valence-corrected chi connectivity index (χ0v) is 7.01. The van der Waals surface area contributed by atoms with Gasteiger partial charge in [0.1, 0.15) is 19.0 Å². The second kappa shape index (κ2) is 3.95. The monoisotopic (exact) mass is 169 g/mol. The highest BCUT2D eigenvalue weighted by atomic mass is 19.1. The van der Waals surface area contributed by atoms with Crippen molar-refractivity contribution >= 4 is 5.69 Å². The first-order valence-corrected chi connectivity index (χ1v) is 3.79. The fourth-order valence-electron chi connectivity index (χ4n) is 0.921. The van der Waals surface area contributed by atoms with E-state index in [1.807, 2.05) is 13.0 Å². The number of benzene rings is 1. The average molecular weight is 169 g/mol. The number of ether oxygens (including phenoxy) is 1. The maximum Gasteiger partial charge on any atom is 0.124 e. The first kappa shape index (κ1) is 8.84. The molecule has 2 nitrogen and oxygen atoms in total. The fourth-order valence-corrected chi connectivity index (χ4v) is 0.921. The van der Waals surface area contributed by atoms with Gasteiger partial charge in [-0.1, -0.05) is 6.07 Å². The summed E-state index contributed by atoms with van der Waals surface area (Å²) < 4.78 is 16.9. The number of hydrogen-bond acceptors (Lipinski definition) is 2. The summed E-state index contributed by atoms with van der Waals surface area (Å²) >= 11 is 0. The first-order chi connectivity index (χ1) is 5.74. The van der Waals surface area contributed by atoms with E-state index < -0.39 is 6.67 Å². The summed E-state index contributed by atoms with van der Waals surface area (Å²) in [5.74, 6) is 0.660. The SMILES string of the molecule is Cc1ccc(N)cc1OCCF. The van der Waals surface area contributed by atoms with Gasteiger partial charge in [0.15, 0.2) is 0 Å². The van der Waals surface area contributed by atoms with Crippen LogP contribution in [-0.4, -0.2) is 13.3 Å². The lowest BCUT2D eigenvalue weighted by molar-refractivity contribution is 0.272. The van der Waals surface area contributed by atoms with Crippen LogP contribution in [0.2, 0.25) is 0 Å². The highest BCUT2D eigenvalue weighted by Crippen LogP contribution is 2.20. The third kappa shape index (κ3) is 2.12. The molecule has 0 fully saturated rings. The molecule has 0 unspecified atom stereocenters. The Kier molecular flexibility index (Phi) is 2.91. The lowest BCUT2D eigenvalue weighted by Gasteiger charge is -2.07. The molecule has 0 spiro atoms. The number of halogens is 1. The average Bonchev–Trinajstić information content (AvgIpc) is 2.07. The molecule has 0 atom stereocenters. The lowest BCUT2D eigenvalue weighted by Crippen LogP contribution is -2.00. The van der Waals surface area contributed by atoms with E-state index in [2.05, 4.69) is 0 Å². The van der Waals surface area contributed by atoms with Crippen LogP contribution in [0.1, 0.15) is 5.56 Å². The van der Waals surface area contributed by atoms with Crippen molar-refractivity contribution < 1.29 is 9.13 Å². The smallest absolute Gasteiger partial charge is 0.124 e. The van der Waals surface area contributed by atoms with Gasteiger partial charge in [-0.2, -0.15) is 0 Å². The maximum absolute atomic E-state index is 11.8. The molecule has 0 radical (unpaired) electrons. The third-order valence-electron chi connectivity index (χ3n) is 1.55. The Labute approximate surface area is 71.1 Å². The van der Waals surface area contributed by atoms with Crippen molar-refractivity contribution in [2.45, 2.75) is 6.92 Å². The van der Waals surface area contributed by atoms with Crippen molar-refractivity contribution in [2.75, 3.05) is 19.0 Å². The van der Waals surface area contributed by atoms with Crippen LogP contribution < -0.4 is 10.5 Å². The van der Waals surface area contributed by atoms with Crippen molar-refractivity contribution in [3.8, 4) is 5.75 Å². The second-order valence-electron chi connectivity index (χ2n) is 2.56. The molecule has 0 bridgehead atoms. The van der Waals surface area contributed by atoms with Crippen LogP contribution in [0.5, 0.6) is 5.75 Å². The van der Waals surface area contributed by atoms with Gasteiger partial charge in [0.2, 0.25) is 0 Å². The molecule has 3 heteroatoms. The molecule has 0 amide bonds. The van der Waals surface area contributed by atoms with Crippen molar-refractivity contribution in [1.82, 2.24) is 0 Å². The molecule has 0 aliphatic carbocycles. The maximum atomic E-state index is 11.8. The summed E-state index contributed by atoms with van der Waals surface area (Å²) in [7, 11) is 0. The lowest BCUT2D eigenvalue weighted by atomic mass is 10.2. The molecule has 1 rings (SSSR count). The van der Waals surface area contributed by atoms with Crippen LogP contribution in [-0.2, 0) is 0 Å². The Morgan fingerprint density at radius 2 is 2.25 bits per heavy atom. The minimum absolute atomic E-state index is 0.0876. The van der Waals surface area contributed by atoms with Crippen LogP contribution in [0.25, 0.3) is 0 Å². The Bertz CT molecular complexity index is 263. The van der Waals surface area contributed by atoms with Gasteiger partial charge in [-0.15, -0.1) is 0 Å².